The van der Waals surface area contributed by atoms with Gasteiger partial charge in [-0.1, -0.05) is 0 Å². The first-order valence-electron chi connectivity index (χ1n) is 4.52. The Morgan fingerprint density at radius 1 is 1.46 bits per heavy atom. The fourth-order valence-corrected chi connectivity index (χ4v) is 1.35. The average molecular weight is 180 g/mol. The molecule has 1 rings (SSSR count). The molecule has 0 aliphatic rings. The van der Waals surface area contributed by atoms with Crippen LogP contribution in [0.4, 0.5) is 0 Å². The maximum Gasteiger partial charge on any atom is 0.146 e. The predicted octanol–water partition coefficient (Wildman–Crippen LogP) is 1.06. The molecule has 0 saturated heterocycles. The molecular weight excluding hydrogens is 164 g/mol. The molecule has 1 unspecified atom stereocenters. The van der Waals surface area contributed by atoms with Crippen molar-refractivity contribution in [2.45, 2.75) is 25.9 Å². The average Bonchev–Trinajstić information content (AvgIpc) is 2.57. The summed E-state index contributed by atoms with van der Waals surface area (Å²) in [6.45, 7) is 2.51. The van der Waals surface area contributed by atoms with Crippen LogP contribution in [0.15, 0.2) is 24.5 Å². The smallest absolute Gasteiger partial charge is 0.146 e. The molecule has 1 aromatic heterocycles. The minimum Gasteiger partial charge on any atom is -0.354 e. The molecule has 0 saturated carbocycles. The van der Waals surface area contributed by atoms with E-state index in [1.54, 1.807) is 6.92 Å². The van der Waals surface area contributed by atoms with E-state index in [9.17, 15) is 4.79 Å². The third-order valence-corrected chi connectivity index (χ3v) is 2.18. The fraction of sp³-hybridized carbons (Fsp3) is 0.500. The normalized spacial score (nSPS) is 12.8. The van der Waals surface area contributed by atoms with Crippen LogP contribution in [0.2, 0.25) is 0 Å². The van der Waals surface area contributed by atoms with Gasteiger partial charge in [0.25, 0.3) is 0 Å². The molecule has 0 amide bonds. The van der Waals surface area contributed by atoms with Gasteiger partial charge < -0.3 is 9.88 Å². The van der Waals surface area contributed by atoms with E-state index in [-0.39, 0.29) is 11.8 Å². The lowest BCUT2D eigenvalue weighted by Crippen LogP contribution is -2.33. The molecule has 0 bridgehead atoms. The summed E-state index contributed by atoms with van der Waals surface area (Å²) in [5.41, 5.74) is 0. The monoisotopic (exact) mass is 180 g/mol. The van der Waals surface area contributed by atoms with Crippen molar-refractivity contribution in [3.8, 4) is 0 Å². The molecule has 0 aliphatic heterocycles. The summed E-state index contributed by atoms with van der Waals surface area (Å²) in [6, 6.07) is 3.96. The molecule has 1 atom stereocenters. The second-order valence-corrected chi connectivity index (χ2v) is 3.16. The largest absolute Gasteiger partial charge is 0.354 e. The molecule has 0 spiro atoms. The van der Waals surface area contributed by atoms with E-state index in [4.69, 9.17) is 0 Å². The Morgan fingerprint density at radius 3 is 2.54 bits per heavy atom. The van der Waals surface area contributed by atoms with Crippen molar-refractivity contribution in [3.63, 3.8) is 0 Å². The number of nitrogens with one attached hydrogen (secondary N) is 1. The minimum atomic E-state index is -0.0117. The van der Waals surface area contributed by atoms with Crippen LogP contribution in [0, 0.1) is 0 Å². The Bertz CT molecular complexity index is 254. The summed E-state index contributed by atoms with van der Waals surface area (Å²) in [5.74, 6) is 0.203. The van der Waals surface area contributed by atoms with Crippen LogP contribution in [0.3, 0.4) is 0 Å². The quantitative estimate of drug-likeness (QED) is 0.735. The van der Waals surface area contributed by atoms with Crippen molar-refractivity contribution in [2.24, 2.45) is 0 Å². The van der Waals surface area contributed by atoms with Crippen LogP contribution in [0.25, 0.3) is 0 Å². The molecule has 1 heterocycles. The van der Waals surface area contributed by atoms with E-state index >= 15 is 0 Å². The molecule has 72 valence electrons. The number of carbonyl (C=O) groups is 1. The Hall–Kier alpha value is -1.09. The molecule has 3 nitrogen and oxygen atoms in total. The number of hydrogen-bond acceptors (Lipinski definition) is 2. The summed E-state index contributed by atoms with van der Waals surface area (Å²) >= 11 is 0. The molecule has 1 N–H and O–H groups in total. The van der Waals surface area contributed by atoms with Gasteiger partial charge in [-0.3, -0.25) is 4.79 Å². The van der Waals surface area contributed by atoms with Crippen LogP contribution in [-0.4, -0.2) is 23.4 Å². The molecule has 0 aliphatic carbocycles. The number of nitrogens with zero attached hydrogens (tertiary/aromatic N) is 1. The second kappa shape index (κ2) is 4.82. The third-order valence-electron chi connectivity index (χ3n) is 2.18. The second-order valence-electron chi connectivity index (χ2n) is 3.16. The number of aryl methyl sites for hydroxylation is 1. The molecule has 0 radical (unpaired) electrons. The Kier molecular flexibility index (Phi) is 3.71. The van der Waals surface area contributed by atoms with Crippen LogP contribution >= 0.6 is 0 Å². The van der Waals surface area contributed by atoms with Gasteiger partial charge in [0.2, 0.25) is 0 Å². The van der Waals surface area contributed by atoms with Crippen LogP contribution in [0.1, 0.15) is 13.3 Å². The lowest BCUT2D eigenvalue weighted by molar-refractivity contribution is -0.119. The van der Waals surface area contributed by atoms with Gasteiger partial charge in [-0.2, -0.15) is 0 Å². The molecule has 13 heavy (non-hydrogen) atoms. The van der Waals surface area contributed by atoms with E-state index in [2.05, 4.69) is 9.88 Å². The van der Waals surface area contributed by atoms with E-state index in [1.165, 1.54) is 0 Å². The zero-order chi connectivity index (χ0) is 9.68. The topological polar surface area (TPSA) is 34.0 Å². The van der Waals surface area contributed by atoms with E-state index < -0.39 is 0 Å². The first kappa shape index (κ1) is 9.99. The predicted molar refractivity (Wildman–Crippen MR) is 52.6 cm³/mol. The van der Waals surface area contributed by atoms with Crippen molar-refractivity contribution in [3.05, 3.63) is 24.5 Å². The highest BCUT2D eigenvalue weighted by molar-refractivity contribution is 5.81. The SMILES string of the molecule is CNC(CCn1cccc1)C(C)=O. The summed E-state index contributed by atoms with van der Waals surface area (Å²) in [4.78, 5) is 11.1. The molecule has 1 aromatic rings. The summed E-state index contributed by atoms with van der Waals surface area (Å²) in [6.07, 6.45) is 4.86. The van der Waals surface area contributed by atoms with Crippen LogP contribution in [-0.2, 0) is 11.3 Å². The zero-order valence-electron chi connectivity index (χ0n) is 8.16. The Morgan fingerprint density at radius 2 is 2.08 bits per heavy atom. The lowest BCUT2D eigenvalue weighted by Gasteiger charge is -2.12. The third kappa shape index (κ3) is 3.03. The highest BCUT2D eigenvalue weighted by atomic mass is 16.1. The minimum absolute atomic E-state index is 0.0117. The molecular formula is C10H16N2O. The van der Waals surface area contributed by atoms with Gasteiger partial charge in [0, 0.05) is 18.9 Å². The Balaban J connectivity index is 2.36. The lowest BCUT2D eigenvalue weighted by atomic mass is 10.1. The summed E-state index contributed by atoms with van der Waals surface area (Å²) < 4.78 is 2.08. The summed E-state index contributed by atoms with van der Waals surface area (Å²) in [5, 5.41) is 3.00. The van der Waals surface area contributed by atoms with Gasteiger partial charge in [0.1, 0.15) is 5.78 Å². The number of ketones is 1. The van der Waals surface area contributed by atoms with E-state index in [1.807, 2.05) is 31.6 Å². The van der Waals surface area contributed by atoms with Gasteiger partial charge in [0.15, 0.2) is 0 Å². The fourth-order valence-electron chi connectivity index (χ4n) is 1.35. The number of carbonyl (C=O) groups excluding carboxylic acids is 1. The highest BCUT2D eigenvalue weighted by Crippen LogP contribution is 1.98. The first-order valence-corrected chi connectivity index (χ1v) is 4.52. The molecule has 3 heteroatoms. The van der Waals surface area contributed by atoms with Gasteiger partial charge in [-0.25, -0.2) is 0 Å². The number of likely N-dealkylation sites (N-methyl/N-ethyl adjacent to an activating group) is 1. The van der Waals surface area contributed by atoms with Crippen molar-refractivity contribution in [2.75, 3.05) is 7.05 Å². The van der Waals surface area contributed by atoms with Crippen molar-refractivity contribution < 1.29 is 4.79 Å². The maximum absolute atomic E-state index is 11.1. The maximum atomic E-state index is 11.1. The van der Waals surface area contributed by atoms with Crippen LogP contribution < -0.4 is 5.32 Å². The van der Waals surface area contributed by atoms with E-state index in [0.717, 1.165) is 13.0 Å². The van der Waals surface area contributed by atoms with Crippen molar-refractivity contribution >= 4 is 5.78 Å². The molecule has 0 fully saturated rings. The standard InChI is InChI=1S/C10H16N2O/c1-9(13)10(11-2)5-8-12-6-3-4-7-12/h3-4,6-7,10-11H,5,8H2,1-2H3. The van der Waals surface area contributed by atoms with Gasteiger partial charge >= 0.3 is 0 Å². The first-order chi connectivity index (χ1) is 6.24. The zero-order valence-corrected chi connectivity index (χ0v) is 8.16. The number of aromatic nitrogens is 1. The number of Topliss-reactive ketones (excluding diaryl/α,β-unsaturated/α-hetero) is 1. The Labute approximate surface area is 78.8 Å². The van der Waals surface area contributed by atoms with Crippen molar-refractivity contribution in [1.82, 2.24) is 9.88 Å². The van der Waals surface area contributed by atoms with Crippen molar-refractivity contribution in [1.29, 1.82) is 0 Å². The number of rotatable bonds is 5. The highest BCUT2D eigenvalue weighted by Gasteiger charge is 2.10. The molecule has 0 aromatic carbocycles. The van der Waals surface area contributed by atoms with E-state index in [0.29, 0.717) is 0 Å². The van der Waals surface area contributed by atoms with Gasteiger partial charge in [0.05, 0.1) is 6.04 Å². The van der Waals surface area contributed by atoms with Crippen LogP contribution in [0.5, 0.6) is 0 Å². The van der Waals surface area contributed by atoms with Gasteiger partial charge in [-0.05, 0) is 32.5 Å². The van der Waals surface area contributed by atoms with Gasteiger partial charge in [-0.15, -0.1) is 0 Å². The number of hydrogen-bond donors (Lipinski definition) is 1. The summed E-state index contributed by atoms with van der Waals surface area (Å²) in [7, 11) is 1.82.